The summed E-state index contributed by atoms with van der Waals surface area (Å²) in [5.74, 6) is 1.42. The number of carbonyl (C=O) groups is 1. The van der Waals surface area contributed by atoms with Gasteiger partial charge in [-0.3, -0.25) is 4.79 Å². The topological polar surface area (TPSA) is 59.8 Å². The number of halogens is 1. The van der Waals surface area contributed by atoms with Crippen LogP contribution in [0.25, 0.3) is 0 Å². The first-order chi connectivity index (χ1) is 8.99. The summed E-state index contributed by atoms with van der Waals surface area (Å²) in [4.78, 5) is 13.1. The lowest BCUT2D eigenvalue weighted by molar-refractivity contribution is -0.122. The maximum absolute atomic E-state index is 12.1. The van der Waals surface area contributed by atoms with Gasteiger partial charge < -0.3 is 9.88 Å². The van der Waals surface area contributed by atoms with Gasteiger partial charge in [0.1, 0.15) is 5.82 Å². The van der Waals surface area contributed by atoms with Crippen LogP contribution in [0.5, 0.6) is 0 Å². The standard InChI is InChI=1S/C12H15BrN4OS/c1-7(9-4-5-10(13)19-9)12(18)14-6-11-16-15-8(2)17(11)3/h4-5,7H,6H2,1-3H3,(H,14,18). The Kier molecular flexibility index (Phi) is 4.36. The van der Waals surface area contributed by atoms with Crippen molar-refractivity contribution in [3.63, 3.8) is 0 Å². The maximum Gasteiger partial charge on any atom is 0.228 e. The highest BCUT2D eigenvalue weighted by molar-refractivity contribution is 9.11. The van der Waals surface area contributed by atoms with E-state index in [0.717, 1.165) is 20.3 Å². The molecule has 0 aliphatic rings. The lowest BCUT2D eigenvalue weighted by Gasteiger charge is -2.10. The second-order valence-electron chi connectivity index (χ2n) is 4.30. The van der Waals surface area contributed by atoms with Gasteiger partial charge in [0, 0.05) is 11.9 Å². The number of aromatic nitrogens is 3. The van der Waals surface area contributed by atoms with E-state index in [-0.39, 0.29) is 11.8 Å². The summed E-state index contributed by atoms with van der Waals surface area (Å²) in [5.41, 5.74) is 0. The first-order valence-electron chi connectivity index (χ1n) is 5.87. The SMILES string of the molecule is Cc1nnc(CNC(=O)C(C)c2ccc(Br)s2)n1C. The lowest BCUT2D eigenvalue weighted by atomic mass is 10.1. The van der Waals surface area contributed by atoms with Gasteiger partial charge in [-0.2, -0.15) is 0 Å². The van der Waals surface area contributed by atoms with Gasteiger partial charge in [0.15, 0.2) is 5.82 Å². The third-order valence-corrected chi connectivity index (χ3v) is 4.82. The molecule has 1 unspecified atom stereocenters. The van der Waals surface area contributed by atoms with E-state index < -0.39 is 0 Å². The number of nitrogens with zero attached hydrogens (tertiary/aromatic N) is 3. The number of carbonyl (C=O) groups excluding carboxylic acids is 1. The molecule has 1 N–H and O–H groups in total. The van der Waals surface area contributed by atoms with Crippen LogP contribution in [0.15, 0.2) is 15.9 Å². The normalized spacial score (nSPS) is 12.4. The minimum absolute atomic E-state index is 0.00463. The summed E-state index contributed by atoms with van der Waals surface area (Å²) in [6, 6.07) is 3.92. The number of hydrogen-bond donors (Lipinski definition) is 1. The Bertz CT molecular complexity index is 592. The van der Waals surface area contributed by atoms with E-state index in [1.54, 1.807) is 11.3 Å². The van der Waals surface area contributed by atoms with Gasteiger partial charge in [-0.05, 0) is 41.9 Å². The minimum Gasteiger partial charge on any atom is -0.348 e. The molecule has 0 aliphatic heterocycles. The molecule has 0 spiro atoms. The van der Waals surface area contributed by atoms with Crippen LogP contribution in [0.4, 0.5) is 0 Å². The molecule has 2 aromatic heterocycles. The monoisotopic (exact) mass is 342 g/mol. The Balaban J connectivity index is 1.96. The van der Waals surface area contributed by atoms with Crippen molar-refractivity contribution in [3.05, 3.63) is 32.4 Å². The van der Waals surface area contributed by atoms with Gasteiger partial charge in [0.05, 0.1) is 16.2 Å². The Labute approximate surface area is 124 Å². The van der Waals surface area contributed by atoms with Gasteiger partial charge in [-0.1, -0.05) is 0 Å². The summed E-state index contributed by atoms with van der Waals surface area (Å²) in [6.45, 7) is 4.17. The molecule has 0 fully saturated rings. The second-order valence-corrected chi connectivity index (χ2v) is 6.80. The predicted octanol–water partition coefficient (Wildman–Crippen LogP) is 2.37. The van der Waals surface area contributed by atoms with Gasteiger partial charge in [0.2, 0.25) is 5.91 Å². The summed E-state index contributed by atoms with van der Waals surface area (Å²) >= 11 is 4.98. The fourth-order valence-corrected chi connectivity index (χ4v) is 3.09. The van der Waals surface area contributed by atoms with Crippen LogP contribution < -0.4 is 5.32 Å². The van der Waals surface area contributed by atoms with Crippen molar-refractivity contribution in [2.75, 3.05) is 0 Å². The van der Waals surface area contributed by atoms with Gasteiger partial charge >= 0.3 is 0 Å². The second kappa shape index (κ2) is 5.83. The Morgan fingerprint density at radius 3 is 2.79 bits per heavy atom. The van der Waals surface area contributed by atoms with Crippen molar-refractivity contribution in [1.29, 1.82) is 0 Å². The van der Waals surface area contributed by atoms with E-state index in [0.29, 0.717) is 6.54 Å². The minimum atomic E-state index is -0.161. The molecule has 0 aromatic carbocycles. The van der Waals surface area contributed by atoms with Crippen molar-refractivity contribution in [1.82, 2.24) is 20.1 Å². The van der Waals surface area contributed by atoms with E-state index in [2.05, 4.69) is 31.4 Å². The molecule has 0 saturated heterocycles. The highest BCUT2D eigenvalue weighted by Gasteiger charge is 2.17. The molecule has 19 heavy (non-hydrogen) atoms. The van der Waals surface area contributed by atoms with Gasteiger partial charge in [-0.25, -0.2) is 0 Å². The molecule has 102 valence electrons. The smallest absolute Gasteiger partial charge is 0.228 e. The molecular formula is C12H15BrN4OS. The molecule has 2 aromatic rings. The molecule has 0 saturated carbocycles. The molecule has 1 atom stereocenters. The van der Waals surface area contributed by atoms with Crippen molar-refractivity contribution >= 4 is 33.2 Å². The molecule has 5 nitrogen and oxygen atoms in total. The first kappa shape index (κ1) is 14.2. The average molecular weight is 343 g/mol. The first-order valence-corrected chi connectivity index (χ1v) is 7.47. The van der Waals surface area contributed by atoms with Crippen LogP contribution in [-0.4, -0.2) is 20.7 Å². The number of thiophene rings is 1. The Hall–Kier alpha value is -1.21. The van der Waals surface area contributed by atoms with Crippen molar-refractivity contribution in [3.8, 4) is 0 Å². The molecule has 0 aliphatic carbocycles. The van der Waals surface area contributed by atoms with Crippen LogP contribution in [0.3, 0.4) is 0 Å². The fraction of sp³-hybridized carbons (Fsp3) is 0.417. The number of hydrogen-bond acceptors (Lipinski definition) is 4. The summed E-state index contributed by atoms with van der Waals surface area (Å²) in [7, 11) is 1.89. The highest BCUT2D eigenvalue weighted by atomic mass is 79.9. The zero-order valence-electron chi connectivity index (χ0n) is 11.0. The summed E-state index contributed by atoms with van der Waals surface area (Å²) in [5, 5.41) is 10.9. The van der Waals surface area contributed by atoms with Crippen molar-refractivity contribution < 1.29 is 4.79 Å². The van der Waals surface area contributed by atoms with E-state index in [1.165, 1.54) is 0 Å². The number of aryl methyl sites for hydroxylation is 1. The third-order valence-electron chi connectivity index (χ3n) is 3.02. The number of amides is 1. The quantitative estimate of drug-likeness (QED) is 0.927. The van der Waals surface area contributed by atoms with E-state index in [1.807, 2.05) is 37.6 Å². The van der Waals surface area contributed by atoms with Crippen LogP contribution in [0.2, 0.25) is 0 Å². The molecule has 0 bridgehead atoms. The predicted molar refractivity (Wildman–Crippen MR) is 78.0 cm³/mol. The maximum atomic E-state index is 12.1. The van der Waals surface area contributed by atoms with E-state index >= 15 is 0 Å². The lowest BCUT2D eigenvalue weighted by Crippen LogP contribution is -2.28. The summed E-state index contributed by atoms with van der Waals surface area (Å²) in [6.07, 6.45) is 0. The van der Waals surface area contributed by atoms with Crippen LogP contribution in [0.1, 0.15) is 29.4 Å². The third kappa shape index (κ3) is 3.22. The fourth-order valence-electron chi connectivity index (χ4n) is 1.61. The van der Waals surface area contributed by atoms with Crippen molar-refractivity contribution in [2.24, 2.45) is 7.05 Å². The Morgan fingerprint density at radius 2 is 2.26 bits per heavy atom. The Morgan fingerprint density at radius 1 is 1.53 bits per heavy atom. The van der Waals surface area contributed by atoms with Crippen LogP contribution in [0, 0.1) is 6.92 Å². The highest BCUT2D eigenvalue weighted by Crippen LogP contribution is 2.28. The number of nitrogens with one attached hydrogen (secondary N) is 1. The van der Waals surface area contributed by atoms with Crippen molar-refractivity contribution in [2.45, 2.75) is 26.3 Å². The van der Waals surface area contributed by atoms with E-state index in [9.17, 15) is 4.79 Å². The van der Waals surface area contributed by atoms with Gasteiger partial charge in [0.25, 0.3) is 0 Å². The largest absolute Gasteiger partial charge is 0.348 e. The summed E-state index contributed by atoms with van der Waals surface area (Å²) < 4.78 is 2.90. The zero-order chi connectivity index (χ0) is 14.0. The molecule has 2 rings (SSSR count). The average Bonchev–Trinajstić information content (AvgIpc) is 2.95. The zero-order valence-corrected chi connectivity index (χ0v) is 13.4. The molecule has 1 amide bonds. The van der Waals surface area contributed by atoms with E-state index in [4.69, 9.17) is 0 Å². The van der Waals surface area contributed by atoms with Crippen LogP contribution >= 0.6 is 27.3 Å². The molecular weight excluding hydrogens is 328 g/mol. The van der Waals surface area contributed by atoms with Crippen LogP contribution in [-0.2, 0) is 18.4 Å². The molecule has 7 heteroatoms. The number of rotatable bonds is 4. The molecule has 2 heterocycles. The van der Waals surface area contributed by atoms with Gasteiger partial charge in [-0.15, -0.1) is 21.5 Å². The molecule has 0 radical (unpaired) electrons.